The Morgan fingerprint density at radius 3 is 2.90 bits per heavy atom. The highest BCUT2D eigenvalue weighted by atomic mass is 35.5. The molecule has 0 bridgehead atoms. The number of hydrogen-bond donors (Lipinski definition) is 3. The molecular formula is C15H20ClFN2O2. The maximum Gasteiger partial charge on any atom is 0.220 e. The van der Waals surface area contributed by atoms with Crippen molar-refractivity contribution in [3.63, 3.8) is 0 Å². The lowest BCUT2D eigenvalue weighted by molar-refractivity contribution is -0.122. The first-order valence-electron chi connectivity index (χ1n) is 7.13. The van der Waals surface area contributed by atoms with Crippen LogP contribution in [-0.2, 0) is 4.79 Å². The van der Waals surface area contributed by atoms with Crippen molar-refractivity contribution in [3.8, 4) is 0 Å². The molecule has 6 heteroatoms. The van der Waals surface area contributed by atoms with Crippen LogP contribution in [-0.4, -0.2) is 23.6 Å². The van der Waals surface area contributed by atoms with Crippen LogP contribution >= 0.6 is 11.6 Å². The average Bonchev–Trinajstić information content (AvgIpc) is 2.82. The van der Waals surface area contributed by atoms with E-state index in [0.717, 1.165) is 19.3 Å². The van der Waals surface area contributed by atoms with Gasteiger partial charge in [0.1, 0.15) is 11.9 Å². The first-order chi connectivity index (χ1) is 9.99. The van der Waals surface area contributed by atoms with Gasteiger partial charge in [-0.15, -0.1) is 0 Å². The topological polar surface area (TPSA) is 75.4 Å². The van der Waals surface area contributed by atoms with Crippen LogP contribution < -0.4 is 11.1 Å². The second kappa shape index (κ2) is 7.20. The number of hydrogen-bond acceptors (Lipinski definition) is 3. The molecule has 116 valence electrons. The average molecular weight is 315 g/mol. The van der Waals surface area contributed by atoms with Crippen LogP contribution in [0.5, 0.6) is 0 Å². The number of amides is 1. The number of halogens is 2. The monoisotopic (exact) mass is 314 g/mol. The van der Waals surface area contributed by atoms with Gasteiger partial charge >= 0.3 is 0 Å². The predicted octanol–water partition coefficient (Wildman–Crippen LogP) is 2.15. The summed E-state index contributed by atoms with van der Waals surface area (Å²) >= 11 is 5.87. The van der Waals surface area contributed by atoms with Crippen LogP contribution in [0.15, 0.2) is 18.2 Å². The van der Waals surface area contributed by atoms with Gasteiger partial charge in [0, 0.05) is 29.6 Å². The molecular weight excluding hydrogens is 295 g/mol. The Morgan fingerprint density at radius 2 is 2.29 bits per heavy atom. The molecule has 0 aromatic heterocycles. The molecule has 1 aliphatic carbocycles. The first-order valence-corrected chi connectivity index (χ1v) is 7.51. The number of benzene rings is 1. The van der Waals surface area contributed by atoms with Crippen molar-refractivity contribution >= 4 is 17.5 Å². The van der Waals surface area contributed by atoms with Crippen molar-refractivity contribution in [2.75, 3.05) is 6.54 Å². The largest absolute Gasteiger partial charge is 0.386 e. The zero-order valence-corrected chi connectivity index (χ0v) is 12.4. The van der Waals surface area contributed by atoms with Gasteiger partial charge in [0.25, 0.3) is 0 Å². The van der Waals surface area contributed by atoms with Gasteiger partial charge in [-0.1, -0.05) is 24.1 Å². The van der Waals surface area contributed by atoms with E-state index in [-0.39, 0.29) is 35.0 Å². The number of aliphatic hydroxyl groups excluding tert-OH is 1. The molecule has 0 radical (unpaired) electrons. The molecule has 4 nitrogen and oxygen atoms in total. The van der Waals surface area contributed by atoms with E-state index >= 15 is 0 Å². The summed E-state index contributed by atoms with van der Waals surface area (Å²) in [5, 5.41) is 12.7. The third-order valence-corrected chi connectivity index (χ3v) is 4.32. The van der Waals surface area contributed by atoms with E-state index in [9.17, 15) is 14.3 Å². The highest BCUT2D eigenvalue weighted by molar-refractivity contribution is 6.31. The zero-order chi connectivity index (χ0) is 15.4. The number of nitrogens with one attached hydrogen (secondary N) is 1. The summed E-state index contributed by atoms with van der Waals surface area (Å²) in [5.41, 5.74) is 5.93. The van der Waals surface area contributed by atoms with E-state index in [1.807, 2.05) is 0 Å². The van der Waals surface area contributed by atoms with E-state index in [4.69, 9.17) is 17.3 Å². The van der Waals surface area contributed by atoms with Gasteiger partial charge in [0.2, 0.25) is 5.91 Å². The van der Waals surface area contributed by atoms with E-state index in [1.54, 1.807) is 0 Å². The quantitative estimate of drug-likeness (QED) is 0.779. The Balaban J connectivity index is 1.86. The molecule has 1 unspecified atom stereocenters. The van der Waals surface area contributed by atoms with Gasteiger partial charge in [0.05, 0.1) is 0 Å². The molecule has 1 aromatic carbocycles. The third kappa shape index (κ3) is 4.15. The molecule has 1 aliphatic rings. The number of aliphatic hydroxyl groups is 1. The standard InChI is InChI=1S/C15H20ClFN2O2/c16-10-4-2-5-11(17)15(10)13(20)8-19-14(21)7-9-3-1-6-12(9)18/h2,4-5,9,12-13,20H,1,3,6-8,18H2,(H,19,21)/t9-,12+,13?/m0/s1. The third-order valence-electron chi connectivity index (χ3n) is 3.99. The maximum absolute atomic E-state index is 13.6. The van der Waals surface area contributed by atoms with Gasteiger partial charge in [-0.05, 0) is 30.9 Å². The Hall–Kier alpha value is -1.17. The number of rotatable bonds is 5. The predicted molar refractivity (Wildman–Crippen MR) is 79.3 cm³/mol. The highest BCUT2D eigenvalue weighted by Gasteiger charge is 2.26. The smallest absolute Gasteiger partial charge is 0.220 e. The summed E-state index contributed by atoms with van der Waals surface area (Å²) in [5.74, 6) is -0.565. The van der Waals surface area contributed by atoms with Gasteiger partial charge in [-0.25, -0.2) is 4.39 Å². The van der Waals surface area contributed by atoms with Crippen LogP contribution in [0.3, 0.4) is 0 Å². The fourth-order valence-electron chi connectivity index (χ4n) is 2.77. The molecule has 3 atom stereocenters. The molecule has 4 N–H and O–H groups in total. The molecule has 2 rings (SSSR count). The first kappa shape index (κ1) is 16.2. The summed E-state index contributed by atoms with van der Waals surface area (Å²) in [6, 6.07) is 4.27. The number of carbonyl (C=O) groups excluding carboxylic acids is 1. The molecule has 21 heavy (non-hydrogen) atoms. The number of carbonyl (C=O) groups is 1. The van der Waals surface area contributed by atoms with Gasteiger partial charge < -0.3 is 16.2 Å². The molecule has 0 heterocycles. The summed E-state index contributed by atoms with van der Waals surface area (Å²) in [7, 11) is 0. The van der Waals surface area contributed by atoms with Crippen LogP contribution in [0.1, 0.15) is 37.4 Å². The van der Waals surface area contributed by atoms with Crippen molar-refractivity contribution in [3.05, 3.63) is 34.6 Å². The van der Waals surface area contributed by atoms with Crippen molar-refractivity contribution in [2.45, 2.75) is 37.8 Å². The zero-order valence-electron chi connectivity index (χ0n) is 11.7. The normalized spacial score (nSPS) is 23.0. The molecule has 0 saturated heterocycles. The summed E-state index contributed by atoms with van der Waals surface area (Å²) < 4.78 is 13.6. The summed E-state index contributed by atoms with van der Waals surface area (Å²) in [6.45, 7) is -0.0680. The lowest BCUT2D eigenvalue weighted by Crippen LogP contribution is -2.33. The van der Waals surface area contributed by atoms with Crippen molar-refractivity contribution in [2.24, 2.45) is 11.7 Å². The van der Waals surface area contributed by atoms with Gasteiger partial charge in [0.15, 0.2) is 0 Å². The molecule has 0 aliphatic heterocycles. The Labute approximate surface area is 128 Å². The van der Waals surface area contributed by atoms with E-state index in [0.29, 0.717) is 6.42 Å². The highest BCUT2D eigenvalue weighted by Crippen LogP contribution is 2.27. The van der Waals surface area contributed by atoms with E-state index < -0.39 is 11.9 Å². The van der Waals surface area contributed by atoms with Crippen LogP contribution in [0.2, 0.25) is 5.02 Å². The summed E-state index contributed by atoms with van der Waals surface area (Å²) in [6.07, 6.45) is 2.13. The Morgan fingerprint density at radius 1 is 1.52 bits per heavy atom. The minimum Gasteiger partial charge on any atom is -0.386 e. The van der Waals surface area contributed by atoms with Crippen molar-refractivity contribution < 1.29 is 14.3 Å². The van der Waals surface area contributed by atoms with E-state index in [1.165, 1.54) is 18.2 Å². The minimum absolute atomic E-state index is 0.0111. The molecule has 1 saturated carbocycles. The fourth-order valence-corrected chi connectivity index (χ4v) is 3.06. The van der Waals surface area contributed by atoms with Gasteiger partial charge in [-0.2, -0.15) is 0 Å². The van der Waals surface area contributed by atoms with Gasteiger partial charge in [-0.3, -0.25) is 4.79 Å². The SMILES string of the molecule is N[C@@H]1CCC[C@H]1CC(=O)NCC(O)c1c(F)cccc1Cl. The second-order valence-corrected chi connectivity index (χ2v) is 5.92. The molecule has 1 amide bonds. The van der Waals surface area contributed by atoms with E-state index in [2.05, 4.69) is 5.32 Å². The van der Waals surface area contributed by atoms with Crippen molar-refractivity contribution in [1.29, 1.82) is 0 Å². The minimum atomic E-state index is -1.17. The van der Waals surface area contributed by atoms with Crippen molar-refractivity contribution in [1.82, 2.24) is 5.32 Å². The van der Waals surface area contributed by atoms with Crippen LogP contribution in [0.25, 0.3) is 0 Å². The lowest BCUT2D eigenvalue weighted by Gasteiger charge is -2.17. The lowest BCUT2D eigenvalue weighted by atomic mass is 10.00. The maximum atomic E-state index is 13.6. The number of nitrogens with two attached hydrogens (primary N) is 1. The fraction of sp³-hybridized carbons (Fsp3) is 0.533. The Bertz CT molecular complexity index is 492. The van der Waals surface area contributed by atoms with Crippen LogP contribution in [0, 0.1) is 11.7 Å². The molecule has 0 spiro atoms. The molecule has 1 aromatic rings. The second-order valence-electron chi connectivity index (χ2n) is 5.51. The summed E-state index contributed by atoms with van der Waals surface area (Å²) in [4.78, 5) is 11.8. The molecule has 1 fully saturated rings. The Kier molecular flexibility index (Phi) is 5.56. The van der Waals surface area contributed by atoms with Crippen LogP contribution in [0.4, 0.5) is 4.39 Å².